The highest BCUT2D eigenvalue weighted by Gasteiger charge is 2.31. The minimum Gasteiger partial charge on any atom is -0.485 e. The molecule has 118 valence electrons. The number of benzene rings is 2. The summed E-state index contributed by atoms with van der Waals surface area (Å²) >= 11 is 0. The Morgan fingerprint density at radius 2 is 1.96 bits per heavy atom. The van der Waals surface area contributed by atoms with Gasteiger partial charge in [0.15, 0.2) is 17.6 Å². The van der Waals surface area contributed by atoms with E-state index in [0.717, 1.165) is 11.1 Å². The second-order valence-corrected chi connectivity index (χ2v) is 5.55. The number of hydrogen-bond donors (Lipinski definition) is 0. The molecule has 0 fully saturated rings. The van der Waals surface area contributed by atoms with Gasteiger partial charge in [-0.1, -0.05) is 30.3 Å². The zero-order valence-electron chi connectivity index (χ0n) is 12.5. The molecule has 0 bridgehead atoms. The van der Waals surface area contributed by atoms with Crippen LogP contribution in [0.3, 0.4) is 0 Å². The molecule has 23 heavy (non-hydrogen) atoms. The lowest BCUT2D eigenvalue weighted by Gasteiger charge is -2.27. The molecule has 0 amide bonds. The Hall–Kier alpha value is -2.53. The topological polar surface area (TPSA) is 54.0 Å². The van der Waals surface area contributed by atoms with Crippen molar-refractivity contribution in [1.29, 1.82) is 0 Å². The number of ether oxygens (including phenoxy) is 4. The zero-order valence-corrected chi connectivity index (χ0v) is 12.5. The summed E-state index contributed by atoms with van der Waals surface area (Å²) in [5.74, 6) is 0.953. The molecular formula is C18H16O5. The van der Waals surface area contributed by atoms with Gasteiger partial charge in [-0.2, -0.15) is 0 Å². The number of esters is 1. The van der Waals surface area contributed by atoms with E-state index in [4.69, 9.17) is 18.9 Å². The second-order valence-electron chi connectivity index (χ2n) is 5.55. The molecule has 5 heteroatoms. The van der Waals surface area contributed by atoms with E-state index in [1.54, 1.807) is 12.1 Å². The maximum absolute atomic E-state index is 11.6. The number of carbonyl (C=O) groups is 1. The standard InChI is InChI=1S/C18H16O5/c19-18-14-6-7-16-17(15(14)11-22-18)21-10-13(23-16)9-20-8-12-4-2-1-3-5-12/h1-7,13H,8-11H2/t13-/m1/s1. The van der Waals surface area contributed by atoms with Gasteiger partial charge in [0.1, 0.15) is 13.2 Å². The summed E-state index contributed by atoms with van der Waals surface area (Å²) in [6, 6.07) is 13.5. The highest BCUT2D eigenvalue weighted by molar-refractivity contribution is 5.94. The quantitative estimate of drug-likeness (QED) is 0.813. The van der Waals surface area contributed by atoms with E-state index in [9.17, 15) is 4.79 Å². The summed E-state index contributed by atoms with van der Waals surface area (Å²) in [4.78, 5) is 11.6. The number of hydrogen-bond acceptors (Lipinski definition) is 5. The third kappa shape index (κ3) is 2.75. The van der Waals surface area contributed by atoms with Gasteiger partial charge in [-0.15, -0.1) is 0 Å². The van der Waals surface area contributed by atoms with Crippen molar-refractivity contribution in [2.75, 3.05) is 13.2 Å². The summed E-state index contributed by atoms with van der Waals surface area (Å²) in [5.41, 5.74) is 2.46. The Bertz CT molecular complexity index is 726. The van der Waals surface area contributed by atoms with Crippen molar-refractivity contribution >= 4 is 5.97 Å². The van der Waals surface area contributed by atoms with Gasteiger partial charge in [-0.05, 0) is 17.7 Å². The Balaban J connectivity index is 1.39. The Morgan fingerprint density at radius 3 is 2.83 bits per heavy atom. The van der Waals surface area contributed by atoms with Crippen LogP contribution in [0.5, 0.6) is 11.5 Å². The predicted molar refractivity (Wildman–Crippen MR) is 81.6 cm³/mol. The SMILES string of the molecule is O=C1OCc2c1ccc1c2OC[C@@H](COCc2ccccc2)O1. The van der Waals surface area contributed by atoms with Gasteiger partial charge in [-0.3, -0.25) is 0 Å². The van der Waals surface area contributed by atoms with E-state index < -0.39 is 0 Å². The van der Waals surface area contributed by atoms with Crippen LogP contribution in [0.1, 0.15) is 21.5 Å². The molecule has 2 heterocycles. The number of fused-ring (bicyclic) bond motifs is 3. The van der Waals surface area contributed by atoms with E-state index in [1.807, 2.05) is 30.3 Å². The highest BCUT2D eigenvalue weighted by Crippen LogP contribution is 2.40. The molecule has 0 aliphatic carbocycles. The molecule has 2 aliphatic heterocycles. The van der Waals surface area contributed by atoms with Crippen molar-refractivity contribution in [3.05, 3.63) is 59.2 Å². The minimum atomic E-state index is -0.306. The van der Waals surface area contributed by atoms with E-state index in [1.165, 1.54) is 0 Å². The van der Waals surface area contributed by atoms with Crippen LogP contribution in [0.15, 0.2) is 42.5 Å². The predicted octanol–water partition coefficient (Wildman–Crippen LogP) is 2.71. The van der Waals surface area contributed by atoms with E-state index in [2.05, 4.69) is 0 Å². The molecule has 2 aromatic carbocycles. The van der Waals surface area contributed by atoms with E-state index in [-0.39, 0.29) is 18.7 Å². The first kappa shape index (κ1) is 14.1. The van der Waals surface area contributed by atoms with Crippen molar-refractivity contribution in [1.82, 2.24) is 0 Å². The minimum absolute atomic E-state index is 0.165. The fraction of sp³-hybridized carbons (Fsp3) is 0.278. The van der Waals surface area contributed by atoms with Crippen LogP contribution >= 0.6 is 0 Å². The highest BCUT2D eigenvalue weighted by atomic mass is 16.6. The molecule has 0 radical (unpaired) electrons. The average Bonchev–Trinajstić information content (AvgIpc) is 2.97. The maximum Gasteiger partial charge on any atom is 0.339 e. The van der Waals surface area contributed by atoms with Crippen molar-refractivity contribution in [2.45, 2.75) is 19.3 Å². The molecular weight excluding hydrogens is 296 g/mol. The first-order chi connectivity index (χ1) is 11.3. The van der Waals surface area contributed by atoms with Gasteiger partial charge in [0, 0.05) is 5.56 Å². The second kappa shape index (κ2) is 5.93. The molecule has 0 unspecified atom stereocenters. The first-order valence-electron chi connectivity index (χ1n) is 7.55. The van der Waals surface area contributed by atoms with Crippen molar-refractivity contribution < 1.29 is 23.7 Å². The lowest BCUT2D eigenvalue weighted by atomic mass is 10.1. The normalized spacial score (nSPS) is 18.4. The Kier molecular flexibility index (Phi) is 3.63. The van der Waals surface area contributed by atoms with Crippen molar-refractivity contribution in [2.24, 2.45) is 0 Å². The monoisotopic (exact) mass is 312 g/mol. The van der Waals surface area contributed by atoms with Crippen LogP contribution in [-0.4, -0.2) is 25.3 Å². The Morgan fingerprint density at radius 1 is 1.09 bits per heavy atom. The summed E-state index contributed by atoms with van der Waals surface area (Å²) in [6.45, 7) is 1.63. The zero-order chi connectivity index (χ0) is 15.6. The molecule has 2 aliphatic rings. The average molecular weight is 312 g/mol. The molecule has 0 aromatic heterocycles. The van der Waals surface area contributed by atoms with Gasteiger partial charge in [0.25, 0.3) is 0 Å². The number of rotatable bonds is 4. The van der Waals surface area contributed by atoms with E-state index in [0.29, 0.717) is 36.9 Å². The molecule has 1 atom stereocenters. The van der Waals surface area contributed by atoms with Crippen molar-refractivity contribution in [3.63, 3.8) is 0 Å². The fourth-order valence-corrected chi connectivity index (χ4v) is 2.76. The molecule has 2 aromatic rings. The number of carbonyl (C=O) groups excluding carboxylic acids is 1. The van der Waals surface area contributed by atoms with Gasteiger partial charge in [-0.25, -0.2) is 4.79 Å². The third-order valence-corrected chi connectivity index (χ3v) is 3.91. The van der Waals surface area contributed by atoms with Crippen LogP contribution < -0.4 is 9.47 Å². The van der Waals surface area contributed by atoms with Crippen LogP contribution in [0.4, 0.5) is 0 Å². The molecule has 0 spiro atoms. The molecule has 0 saturated heterocycles. The van der Waals surface area contributed by atoms with Gasteiger partial charge in [0.05, 0.1) is 18.8 Å². The molecule has 0 saturated carbocycles. The summed E-state index contributed by atoms with van der Waals surface area (Å²) in [5, 5.41) is 0. The first-order valence-corrected chi connectivity index (χ1v) is 7.55. The maximum atomic E-state index is 11.6. The summed E-state index contributed by atoms with van der Waals surface area (Å²) in [6.07, 6.45) is -0.165. The van der Waals surface area contributed by atoms with Crippen molar-refractivity contribution in [3.8, 4) is 11.5 Å². The Labute approximate surface area is 133 Å². The third-order valence-electron chi connectivity index (χ3n) is 3.91. The van der Waals surface area contributed by atoms with Gasteiger partial charge < -0.3 is 18.9 Å². The lowest BCUT2D eigenvalue weighted by Crippen LogP contribution is -2.33. The lowest BCUT2D eigenvalue weighted by molar-refractivity contribution is 0.00204. The van der Waals surface area contributed by atoms with Crippen LogP contribution in [0, 0.1) is 0 Å². The molecule has 4 rings (SSSR count). The molecule has 0 N–H and O–H groups in total. The van der Waals surface area contributed by atoms with Gasteiger partial charge >= 0.3 is 5.97 Å². The van der Waals surface area contributed by atoms with E-state index >= 15 is 0 Å². The molecule has 5 nitrogen and oxygen atoms in total. The number of cyclic esters (lactones) is 1. The summed E-state index contributed by atoms with van der Waals surface area (Å²) < 4.78 is 22.4. The van der Waals surface area contributed by atoms with Crippen LogP contribution in [0.25, 0.3) is 0 Å². The smallest absolute Gasteiger partial charge is 0.339 e. The van der Waals surface area contributed by atoms with Crippen LogP contribution in [-0.2, 0) is 22.7 Å². The fourth-order valence-electron chi connectivity index (χ4n) is 2.76. The summed E-state index contributed by atoms with van der Waals surface area (Å²) in [7, 11) is 0. The van der Waals surface area contributed by atoms with Crippen LogP contribution in [0.2, 0.25) is 0 Å². The van der Waals surface area contributed by atoms with Gasteiger partial charge in [0.2, 0.25) is 0 Å². The largest absolute Gasteiger partial charge is 0.485 e.